The van der Waals surface area contributed by atoms with E-state index >= 15 is 4.57 Å². The Balaban J connectivity index is 1.36. The van der Waals surface area contributed by atoms with E-state index in [9.17, 15) is 19.2 Å². The summed E-state index contributed by atoms with van der Waals surface area (Å²) in [6.07, 6.45) is -9.71. The number of benzene rings is 6. The summed E-state index contributed by atoms with van der Waals surface area (Å²) in [6, 6.07) is 50.2. The second-order valence-electron chi connectivity index (χ2n) is 13.0. The zero-order valence-corrected chi connectivity index (χ0v) is 32.6. The van der Waals surface area contributed by atoms with E-state index in [0.717, 1.165) is 11.4 Å². The third kappa shape index (κ3) is 9.46. The van der Waals surface area contributed by atoms with Gasteiger partial charge in [-0.15, -0.1) is 0 Å². The summed E-state index contributed by atoms with van der Waals surface area (Å²) in [5.41, 5.74) is -0.611. The van der Waals surface area contributed by atoms with Gasteiger partial charge in [0.1, 0.15) is 12.7 Å². The van der Waals surface area contributed by atoms with Gasteiger partial charge in [0.15, 0.2) is 30.1 Å². The molecule has 1 aliphatic heterocycles. The van der Waals surface area contributed by atoms with E-state index in [-0.39, 0.29) is 22.3 Å². The molecule has 0 radical (unpaired) electrons. The monoisotopic (exact) mass is 812 g/mol. The van der Waals surface area contributed by atoms with Gasteiger partial charge in [0.05, 0.1) is 22.3 Å². The smallest absolute Gasteiger partial charge is 0.338 e. The van der Waals surface area contributed by atoms with Gasteiger partial charge < -0.3 is 28.2 Å². The van der Waals surface area contributed by atoms with Crippen LogP contribution in [0.3, 0.4) is 0 Å². The Morgan fingerprint density at radius 1 is 0.448 bits per heavy atom. The minimum atomic E-state index is -3.73. The van der Waals surface area contributed by atoms with Crippen LogP contribution in [-0.4, -0.2) is 60.3 Å². The van der Waals surface area contributed by atoms with Crippen LogP contribution in [0.5, 0.6) is 0 Å². The highest BCUT2D eigenvalue weighted by atomic mass is 32.7. The van der Waals surface area contributed by atoms with Crippen molar-refractivity contribution >= 4 is 52.2 Å². The summed E-state index contributed by atoms with van der Waals surface area (Å²) in [7, 11) is 0. The van der Waals surface area contributed by atoms with Gasteiger partial charge in [0.25, 0.3) is 0 Å². The predicted octanol–water partition coefficient (Wildman–Crippen LogP) is 7.91. The molecule has 1 aliphatic rings. The Labute approximate surface area is 339 Å². The van der Waals surface area contributed by atoms with Crippen LogP contribution in [0.15, 0.2) is 182 Å². The maximum Gasteiger partial charge on any atom is 0.338 e. The second-order valence-corrected chi connectivity index (χ2v) is 18.0. The molecule has 5 atom stereocenters. The van der Waals surface area contributed by atoms with Crippen LogP contribution in [0.1, 0.15) is 41.4 Å². The molecule has 0 aromatic heterocycles. The maximum atomic E-state index is 15.6. The average molecular weight is 813 g/mol. The first-order chi connectivity index (χ1) is 28.3. The number of esters is 4. The molecule has 1 saturated heterocycles. The SMILES string of the molecule is O=C(OC[C@H]1O[C@@H](SP(=O)(c2ccccc2)c2ccccc2)[C@H](OC(=O)c2ccccc2)[C@@H](OC(=O)c2ccccc2)[C@H]1OC(=O)c1ccccc1)c1ccccc1. The van der Waals surface area contributed by atoms with Crippen LogP contribution in [0.25, 0.3) is 0 Å². The van der Waals surface area contributed by atoms with E-state index in [0.29, 0.717) is 10.6 Å². The van der Waals surface area contributed by atoms with Crippen molar-refractivity contribution in [2.45, 2.75) is 29.9 Å². The van der Waals surface area contributed by atoms with E-state index in [1.54, 1.807) is 182 Å². The van der Waals surface area contributed by atoms with Gasteiger partial charge in [-0.05, 0) is 48.5 Å². The van der Waals surface area contributed by atoms with Crippen LogP contribution in [0.2, 0.25) is 0 Å². The van der Waals surface area contributed by atoms with E-state index in [2.05, 4.69) is 0 Å². The molecular formula is C46H37O10PS. The molecule has 1 fully saturated rings. The largest absolute Gasteiger partial charge is 0.459 e. The van der Waals surface area contributed by atoms with Crippen molar-refractivity contribution in [1.29, 1.82) is 0 Å². The van der Waals surface area contributed by atoms with Crippen molar-refractivity contribution in [2.75, 3.05) is 6.61 Å². The Bertz CT molecular complexity index is 2310. The summed E-state index contributed by atoms with van der Waals surface area (Å²) < 4.78 is 46.7. The Hall–Kier alpha value is -6.26. The van der Waals surface area contributed by atoms with Gasteiger partial charge in [-0.25, -0.2) is 19.2 Å². The first kappa shape index (κ1) is 40.0. The normalized spacial score (nSPS) is 18.9. The highest BCUT2D eigenvalue weighted by Crippen LogP contribution is 2.60. The van der Waals surface area contributed by atoms with Gasteiger partial charge in [0, 0.05) is 10.6 Å². The summed E-state index contributed by atoms with van der Waals surface area (Å²) in [6.45, 7) is -0.503. The molecule has 7 rings (SSSR count). The summed E-state index contributed by atoms with van der Waals surface area (Å²) in [4.78, 5) is 55.2. The molecular weight excluding hydrogens is 776 g/mol. The van der Waals surface area contributed by atoms with Gasteiger partial charge in [-0.2, -0.15) is 0 Å². The molecule has 10 nitrogen and oxygen atoms in total. The number of carbonyl (C=O) groups is 4. The van der Waals surface area contributed by atoms with E-state index in [4.69, 9.17) is 23.7 Å². The number of hydrogen-bond acceptors (Lipinski definition) is 11. The highest BCUT2D eigenvalue weighted by molar-refractivity contribution is 8.62. The third-order valence-electron chi connectivity index (χ3n) is 9.18. The topological polar surface area (TPSA) is 132 Å². The van der Waals surface area contributed by atoms with Crippen LogP contribution < -0.4 is 10.6 Å². The first-order valence-electron chi connectivity index (χ1n) is 18.4. The fraction of sp³-hybridized carbons (Fsp3) is 0.130. The van der Waals surface area contributed by atoms with Crippen molar-refractivity contribution in [1.82, 2.24) is 0 Å². The van der Waals surface area contributed by atoms with Crippen molar-refractivity contribution in [3.63, 3.8) is 0 Å². The lowest BCUT2D eigenvalue weighted by atomic mass is 9.98. The molecule has 0 bridgehead atoms. The van der Waals surface area contributed by atoms with Gasteiger partial charge in [-0.1, -0.05) is 145 Å². The lowest BCUT2D eigenvalue weighted by Crippen LogP contribution is -2.61. The minimum absolute atomic E-state index is 0.158. The zero-order valence-electron chi connectivity index (χ0n) is 30.9. The number of ether oxygens (including phenoxy) is 5. The summed E-state index contributed by atoms with van der Waals surface area (Å²) >= 11 is 0.882. The van der Waals surface area contributed by atoms with Crippen molar-refractivity contribution in [3.8, 4) is 0 Å². The van der Waals surface area contributed by atoms with Crippen LogP contribution >= 0.6 is 17.7 Å². The van der Waals surface area contributed by atoms with Crippen molar-refractivity contribution < 1.29 is 47.4 Å². The van der Waals surface area contributed by atoms with E-state index < -0.39 is 66.7 Å². The van der Waals surface area contributed by atoms with Gasteiger partial charge in [-0.3, -0.25) is 0 Å². The molecule has 0 spiro atoms. The molecule has 0 saturated carbocycles. The van der Waals surface area contributed by atoms with Crippen LogP contribution in [-0.2, 0) is 28.2 Å². The molecule has 0 unspecified atom stereocenters. The number of carbonyl (C=O) groups excluding carboxylic acids is 4. The lowest BCUT2D eigenvalue weighted by molar-refractivity contribution is -0.207. The average Bonchev–Trinajstić information content (AvgIpc) is 3.29. The Morgan fingerprint density at radius 3 is 1.17 bits per heavy atom. The predicted molar refractivity (Wildman–Crippen MR) is 220 cm³/mol. The van der Waals surface area contributed by atoms with E-state index in [1.807, 2.05) is 0 Å². The fourth-order valence-electron chi connectivity index (χ4n) is 6.28. The van der Waals surface area contributed by atoms with Crippen LogP contribution in [0.4, 0.5) is 0 Å². The molecule has 12 heteroatoms. The highest BCUT2D eigenvalue weighted by Gasteiger charge is 2.55. The third-order valence-corrected chi connectivity index (χ3v) is 14.8. The molecule has 0 N–H and O–H groups in total. The lowest BCUT2D eigenvalue weighted by Gasteiger charge is -2.45. The van der Waals surface area contributed by atoms with Crippen molar-refractivity contribution in [3.05, 3.63) is 204 Å². The first-order valence-corrected chi connectivity index (χ1v) is 21.5. The molecule has 0 amide bonds. The molecule has 1 heterocycles. The number of hydrogen-bond donors (Lipinski definition) is 0. The van der Waals surface area contributed by atoms with E-state index in [1.165, 1.54) is 0 Å². The summed E-state index contributed by atoms with van der Waals surface area (Å²) in [5, 5.41) is 0.927. The molecule has 58 heavy (non-hydrogen) atoms. The maximum absolute atomic E-state index is 15.6. The molecule has 0 aliphatic carbocycles. The van der Waals surface area contributed by atoms with Gasteiger partial charge >= 0.3 is 23.9 Å². The quantitative estimate of drug-likeness (QED) is 0.0641. The van der Waals surface area contributed by atoms with Crippen molar-refractivity contribution in [2.24, 2.45) is 0 Å². The minimum Gasteiger partial charge on any atom is -0.459 e. The molecule has 6 aromatic carbocycles. The molecule has 6 aromatic rings. The Morgan fingerprint density at radius 2 is 0.776 bits per heavy atom. The summed E-state index contributed by atoms with van der Waals surface area (Å²) in [5.74, 6) is -3.15. The Kier molecular flexibility index (Phi) is 12.9. The zero-order chi connectivity index (χ0) is 40.3. The molecule has 292 valence electrons. The standard InChI is InChI=1S/C46H37O10PS/c47-42(32-19-7-1-8-20-32)52-31-38-39(54-43(48)33-21-9-2-10-22-33)40(55-44(49)34-23-11-3-12-24-34)41(56-45(50)35-25-13-4-14-26-35)46(53-38)58-57(51,36-27-15-5-16-28-36)37-29-17-6-18-30-37/h1-30,38-41,46H,31H2/t38-,39+,40+,41-,46+/m1/s1. The van der Waals surface area contributed by atoms with Gasteiger partial charge in [0.2, 0.25) is 0 Å². The van der Waals surface area contributed by atoms with Crippen LogP contribution in [0, 0.1) is 0 Å². The fourth-order valence-corrected chi connectivity index (χ4v) is 11.6. The number of rotatable bonds is 13. The second kappa shape index (κ2) is 18.8.